The molecular weight excluding hydrogens is 271 g/mol. The van der Waals surface area contributed by atoms with Gasteiger partial charge < -0.3 is 10.2 Å². The van der Waals surface area contributed by atoms with Crippen LogP contribution in [0.1, 0.15) is 24.2 Å². The number of benzene rings is 1. The molecule has 1 heterocycles. The van der Waals surface area contributed by atoms with E-state index in [4.69, 9.17) is 23.2 Å². The zero-order valence-electron chi connectivity index (χ0n) is 10.4. The third-order valence-corrected chi connectivity index (χ3v) is 3.93. The summed E-state index contributed by atoms with van der Waals surface area (Å²) in [6.07, 6.45) is 0. The number of halogens is 2. The van der Waals surface area contributed by atoms with Crippen molar-refractivity contribution in [3.63, 3.8) is 0 Å². The van der Waals surface area contributed by atoms with Gasteiger partial charge in [-0.05, 0) is 32.0 Å². The van der Waals surface area contributed by atoms with Crippen LogP contribution < -0.4 is 5.32 Å². The third-order valence-electron chi connectivity index (χ3n) is 3.19. The highest BCUT2D eigenvalue weighted by Crippen LogP contribution is 2.24. The van der Waals surface area contributed by atoms with Crippen molar-refractivity contribution in [2.24, 2.45) is 0 Å². The molecule has 0 aliphatic carbocycles. The molecule has 3 nitrogen and oxygen atoms in total. The van der Waals surface area contributed by atoms with Gasteiger partial charge in [0, 0.05) is 30.7 Å². The van der Waals surface area contributed by atoms with E-state index in [1.54, 1.807) is 18.2 Å². The summed E-state index contributed by atoms with van der Waals surface area (Å²) < 4.78 is 0. The maximum Gasteiger partial charge on any atom is 0.254 e. The van der Waals surface area contributed by atoms with Gasteiger partial charge in [-0.2, -0.15) is 0 Å². The van der Waals surface area contributed by atoms with Crippen LogP contribution in [0.4, 0.5) is 0 Å². The van der Waals surface area contributed by atoms with E-state index in [0.29, 0.717) is 28.2 Å². The highest BCUT2D eigenvalue weighted by Gasteiger charge is 2.27. The number of rotatable bonds is 1. The lowest BCUT2D eigenvalue weighted by atomic mass is 10.1. The average molecular weight is 287 g/mol. The molecule has 1 saturated heterocycles. The molecule has 0 bridgehead atoms. The Balaban J connectivity index is 2.21. The number of amides is 1. The van der Waals surface area contributed by atoms with E-state index in [9.17, 15) is 4.79 Å². The van der Waals surface area contributed by atoms with Crippen molar-refractivity contribution in [1.82, 2.24) is 10.2 Å². The van der Waals surface area contributed by atoms with Gasteiger partial charge in [0.2, 0.25) is 0 Å². The minimum atomic E-state index is 0.00872. The number of carbonyl (C=O) groups is 1. The van der Waals surface area contributed by atoms with Gasteiger partial charge >= 0.3 is 0 Å². The number of hydrogen-bond donors (Lipinski definition) is 1. The second kappa shape index (κ2) is 5.47. The first-order valence-corrected chi connectivity index (χ1v) is 6.74. The molecule has 5 heteroatoms. The van der Waals surface area contributed by atoms with E-state index < -0.39 is 0 Å². The number of nitrogens with zero attached hydrogens (tertiary/aromatic N) is 1. The summed E-state index contributed by atoms with van der Waals surface area (Å²) in [4.78, 5) is 14.3. The Kier molecular flexibility index (Phi) is 4.15. The largest absolute Gasteiger partial charge is 0.333 e. The Bertz CT molecular complexity index is 464. The van der Waals surface area contributed by atoms with Crippen LogP contribution in [0.2, 0.25) is 10.0 Å². The van der Waals surface area contributed by atoms with Gasteiger partial charge in [0.05, 0.1) is 10.0 Å². The molecule has 2 atom stereocenters. The zero-order valence-corrected chi connectivity index (χ0v) is 11.9. The number of nitrogens with one attached hydrogen (secondary N) is 1. The molecule has 1 aromatic carbocycles. The fourth-order valence-electron chi connectivity index (χ4n) is 2.10. The minimum Gasteiger partial charge on any atom is -0.333 e. The molecule has 1 N–H and O–H groups in total. The normalized spacial score (nSPS) is 24.1. The van der Waals surface area contributed by atoms with Crippen molar-refractivity contribution < 1.29 is 4.79 Å². The summed E-state index contributed by atoms with van der Waals surface area (Å²) in [5.41, 5.74) is 0.588. The molecular formula is C13H16Cl2N2O. The first-order valence-electron chi connectivity index (χ1n) is 5.98. The fourth-order valence-corrected chi connectivity index (χ4v) is 2.40. The predicted molar refractivity (Wildman–Crippen MR) is 74.4 cm³/mol. The van der Waals surface area contributed by atoms with Gasteiger partial charge in [-0.25, -0.2) is 0 Å². The van der Waals surface area contributed by atoms with Gasteiger partial charge in [0.25, 0.3) is 5.91 Å². The third kappa shape index (κ3) is 2.79. The molecule has 1 amide bonds. The topological polar surface area (TPSA) is 32.3 Å². The van der Waals surface area contributed by atoms with Crippen molar-refractivity contribution in [3.8, 4) is 0 Å². The molecule has 1 aliphatic rings. The second-order valence-corrected chi connectivity index (χ2v) is 5.56. The van der Waals surface area contributed by atoms with Crippen LogP contribution in [0.3, 0.4) is 0 Å². The molecule has 0 spiro atoms. The molecule has 98 valence electrons. The Labute approximate surface area is 117 Å². The fraction of sp³-hybridized carbons (Fsp3) is 0.462. The lowest BCUT2D eigenvalue weighted by Gasteiger charge is -2.37. The number of hydrogen-bond acceptors (Lipinski definition) is 2. The standard InChI is InChI=1S/C13H16Cl2N2O/c1-8-7-17(9(2)6-16-8)13(18)10-3-4-11(14)12(15)5-10/h3-5,8-9,16H,6-7H2,1-2H3. The Morgan fingerprint density at radius 3 is 2.72 bits per heavy atom. The Morgan fingerprint density at radius 1 is 1.33 bits per heavy atom. The summed E-state index contributed by atoms with van der Waals surface area (Å²) in [6.45, 7) is 5.63. The first kappa shape index (κ1) is 13.7. The number of carbonyl (C=O) groups excluding carboxylic acids is 1. The van der Waals surface area contributed by atoms with Crippen molar-refractivity contribution in [2.45, 2.75) is 25.9 Å². The maximum atomic E-state index is 12.4. The molecule has 2 unspecified atom stereocenters. The van der Waals surface area contributed by atoms with Crippen molar-refractivity contribution in [1.29, 1.82) is 0 Å². The molecule has 0 aromatic heterocycles. The summed E-state index contributed by atoms with van der Waals surface area (Å²) in [6, 6.07) is 5.51. The highest BCUT2D eigenvalue weighted by atomic mass is 35.5. The van der Waals surface area contributed by atoms with E-state index in [1.165, 1.54) is 0 Å². The van der Waals surface area contributed by atoms with Crippen molar-refractivity contribution in [2.75, 3.05) is 13.1 Å². The lowest BCUT2D eigenvalue weighted by molar-refractivity contribution is 0.0616. The Hall–Kier alpha value is -0.770. The van der Waals surface area contributed by atoms with Gasteiger partial charge in [-0.15, -0.1) is 0 Å². The monoisotopic (exact) mass is 286 g/mol. The lowest BCUT2D eigenvalue weighted by Crippen LogP contribution is -2.56. The van der Waals surface area contributed by atoms with Crippen molar-refractivity contribution in [3.05, 3.63) is 33.8 Å². The minimum absolute atomic E-state index is 0.00872. The summed E-state index contributed by atoms with van der Waals surface area (Å²) in [7, 11) is 0. The summed E-state index contributed by atoms with van der Waals surface area (Å²) in [5.74, 6) is 0.00872. The molecule has 1 aliphatic heterocycles. The van der Waals surface area contributed by atoms with Gasteiger partial charge in [0.15, 0.2) is 0 Å². The van der Waals surface area contributed by atoms with Gasteiger partial charge in [-0.1, -0.05) is 23.2 Å². The van der Waals surface area contributed by atoms with Crippen LogP contribution in [-0.4, -0.2) is 36.0 Å². The number of piperazine rings is 1. The predicted octanol–water partition coefficient (Wildman–Crippen LogP) is 2.82. The van der Waals surface area contributed by atoms with Crippen molar-refractivity contribution >= 4 is 29.1 Å². The van der Waals surface area contributed by atoms with Crippen LogP contribution in [0.15, 0.2) is 18.2 Å². The molecule has 2 rings (SSSR count). The smallest absolute Gasteiger partial charge is 0.254 e. The van der Waals surface area contributed by atoms with Crippen LogP contribution in [0.5, 0.6) is 0 Å². The summed E-state index contributed by atoms with van der Waals surface area (Å²) >= 11 is 11.8. The summed E-state index contributed by atoms with van der Waals surface area (Å²) in [5, 5.41) is 4.23. The van der Waals surface area contributed by atoms with Gasteiger partial charge in [0.1, 0.15) is 0 Å². The highest BCUT2D eigenvalue weighted by molar-refractivity contribution is 6.42. The molecule has 0 radical (unpaired) electrons. The van der Waals surface area contributed by atoms with E-state index >= 15 is 0 Å². The maximum absolute atomic E-state index is 12.4. The second-order valence-electron chi connectivity index (χ2n) is 4.74. The molecule has 0 saturated carbocycles. The van der Waals surface area contributed by atoms with E-state index in [1.807, 2.05) is 11.8 Å². The zero-order chi connectivity index (χ0) is 13.3. The van der Waals surface area contributed by atoms with Gasteiger partial charge in [-0.3, -0.25) is 4.79 Å². The SMILES string of the molecule is CC1CN(C(=O)c2ccc(Cl)c(Cl)c2)C(C)CN1. The van der Waals surface area contributed by atoms with E-state index in [0.717, 1.165) is 6.54 Å². The van der Waals surface area contributed by atoms with E-state index in [2.05, 4.69) is 12.2 Å². The van der Waals surface area contributed by atoms with Crippen LogP contribution in [0.25, 0.3) is 0 Å². The molecule has 1 fully saturated rings. The molecule has 18 heavy (non-hydrogen) atoms. The molecule has 1 aromatic rings. The first-order chi connectivity index (χ1) is 8.49. The quantitative estimate of drug-likeness (QED) is 0.861. The van der Waals surface area contributed by atoms with E-state index in [-0.39, 0.29) is 11.9 Å². The van der Waals surface area contributed by atoms with Crippen LogP contribution in [-0.2, 0) is 0 Å². The Morgan fingerprint density at radius 2 is 2.06 bits per heavy atom. The van der Waals surface area contributed by atoms with Crippen LogP contribution >= 0.6 is 23.2 Å². The average Bonchev–Trinajstić information content (AvgIpc) is 2.35. The van der Waals surface area contributed by atoms with Crippen LogP contribution in [0, 0.1) is 0 Å².